The first-order chi connectivity index (χ1) is 31.3. The van der Waals surface area contributed by atoms with Gasteiger partial charge in [-0.05, 0) is 108 Å². The van der Waals surface area contributed by atoms with Crippen LogP contribution in [0.5, 0.6) is 0 Å². The van der Waals surface area contributed by atoms with E-state index in [1.165, 1.54) is 7.05 Å². The molecule has 24 nitrogen and oxygen atoms in total. The number of nitrogens with one attached hydrogen (secondary N) is 5. The van der Waals surface area contributed by atoms with Crippen LogP contribution >= 0.6 is 0 Å². The molecule has 0 bridgehead atoms. The first-order valence-electron chi connectivity index (χ1n) is 22.8. The molecule has 0 aromatic rings. The minimum Gasteiger partial charge on any atom is -0.466 e. The number of nitrogens with zero attached hydrogens (tertiary/aromatic N) is 1. The first kappa shape index (κ1) is 58.0. The fourth-order valence-electron chi connectivity index (χ4n) is 7.25. The quantitative estimate of drug-likeness (QED) is 0.0748. The molecule has 0 aromatic carbocycles. The molecule has 2 heterocycles. The predicted molar refractivity (Wildman–Crippen MR) is 241 cm³/mol. The van der Waals surface area contributed by atoms with Crippen LogP contribution < -0.4 is 26.6 Å². The summed E-state index contributed by atoms with van der Waals surface area (Å²) in [5.74, 6) is -0.638. The summed E-state index contributed by atoms with van der Waals surface area (Å²) in [4.78, 5) is 66.7. The Kier molecular flexibility index (Phi) is 20.9. The number of rotatable bonds is 16. The van der Waals surface area contributed by atoms with Crippen LogP contribution in [0.4, 0.5) is 19.2 Å². The van der Waals surface area contributed by atoms with E-state index in [1.807, 2.05) is 0 Å². The summed E-state index contributed by atoms with van der Waals surface area (Å²) in [6, 6.07) is -4.92. The largest absolute Gasteiger partial charge is 0.466 e. The summed E-state index contributed by atoms with van der Waals surface area (Å²) in [6.45, 7) is 19.3. The maximum absolute atomic E-state index is 13.7. The minimum atomic E-state index is -1.89. The van der Waals surface area contributed by atoms with Gasteiger partial charge in [0, 0.05) is 20.1 Å². The lowest BCUT2D eigenvalue weighted by molar-refractivity contribution is -0.298. The first-order valence-corrected chi connectivity index (χ1v) is 22.8. The monoisotopic (exact) mass is 979 g/mol. The normalized spacial score (nSPS) is 28.4. The second-order valence-corrected chi connectivity index (χ2v) is 20.9. The van der Waals surface area contributed by atoms with E-state index in [9.17, 15) is 49.5 Å². The van der Waals surface area contributed by atoms with Gasteiger partial charge in [-0.2, -0.15) is 0 Å². The Labute approximate surface area is 398 Å². The molecule has 1 saturated carbocycles. The minimum absolute atomic E-state index is 0.128. The maximum Gasteiger partial charge on any atom is 0.410 e. The molecule has 2 fully saturated rings. The van der Waals surface area contributed by atoms with E-state index < -0.39 is 133 Å². The van der Waals surface area contributed by atoms with Crippen LogP contribution in [0.1, 0.15) is 102 Å². The lowest BCUT2D eigenvalue weighted by Crippen LogP contribution is -2.69. The SMILES string of the molecule is CN(C(=O)OC(C)(C)C)[C@@H]1[C@@H](O)[C@@H](O[C@@H]2[C@@H](O)[C@H](O[C@H]3OC(CNCCO)=CC[C@H]3NC(=O)OC(C)(C)C)[C@@H](NC(=O)OC(C)(C)C)C[C@H]2NC(=O)[C@@H](O)CCNC(=O)OC(C)(C)C)OC[C@@H]1O. The highest BCUT2D eigenvalue weighted by atomic mass is 16.7. The Balaban J connectivity index is 2.08. The zero-order valence-corrected chi connectivity index (χ0v) is 41.7. The van der Waals surface area contributed by atoms with Gasteiger partial charge in [0.2, 0.25) is 12.2 Å². The number of ether oxygens (including phenoxy) is 8. The summed E-state index contributed by atoms with van der Waals surface area (Å²) in [5, 5.41) is 69.1. The van der Waals surface area contributed by atoms with Gasteiger partial charge in [0.25, 0.3) is 0 Å². The third-order valence-corrected chi connectivity index (χ3v) is 10.0. The number of alkyl carbamates (subject to hydrolysis) is 3. The lowest BCUT2D eigenvalue weighted by atomic mass is 9.83. The van der Waals surface area contributed by atoms with Crippen molar-refractivity contribution >= 4 is 30.3 Å². The van der Waals surface area contributed by atoms with Crippen LogP contribution in [0, 0.1) is 0 Å². The van der Waals surface area contributed by atoms with Crippen LogP contribution in [-0.4, -0.2) is 196 Å². The third kappa shape index (κ3) is 19.3. The van der Waals surface area contributed by atoms with Crippen LogP contribution in [0.25, 0.3) is 0 Å². The van der Waals surface area contributed by atoms with Gasteiger partial charge in [-0.1, -0.05) is 0 Å². The van der Waals surface area contributed by atoms with Crippen molar-refractivity contribution in [1.29, 1.82) is 0 Å². The number of carbonyl (C=O) groups is 5. The number of aliphatic hydroxyl groups excluding tert-OH is 5. The number of likely N-dealkylation sites (N-methyl/N-ethyl adjacent to an activating group) is 1. The third-order valence-electron chi connectivity index (χ3n) is 10.0. The van der Waals surface area contributed by atoms with Gasteiger partial charge in [0.1, 0.15) is 64.8 Å². The molecular formula is C44H78N6O18. The highest BCUT2D eigenvalue weighted by Gasteiger charge is 2.53. The Morgan fingerprint density at radius 1 is 0.721 bits per heavy atom. The van der Waals surface area contributed by atoms with Gasteiger partial charge in [-0.25, -0.2) is 19.2 Å². The molecule has 0 radical (unpaired) electrons. The summed E-state index contributed by atoms with van der Waals surface area (Å²) < 4.78 is 46.6. The number of amides is 5. The second kappa shape index (κ2) is 24.5. The van der Waals surface area contributed by atoms with Crippen LogP contribution in [0.3, 0.4) is 0 Å². The van der Waals surface area contributed by atoms with Crippen molar-refractivity contribution in [2.75, 3.05) is 39.9 Å². The van der Waals surface area contributed by atoms with Crippen LogP contribution in [0.15, 0.2) is 11.8 Å². The van der Waals surface area contributed by atoms with E-state index in [-0.39, 0.29) is 45.5 Å². The van der Waals surface area contributed by atoms with Gasteiger partial charge < -0.3 is 94.9 Å². The number of aliphatic hydroxyl groups is 5. The van der Waals surface area contributed by atoms with Gasteiger partial charge in [0.15, 0.2) is 6.29 Å². The van der Waals surface area contributed by atoms with Crippen molar-refractivity contribution in [1.82, 2.24) is 31.5 Å². The number of hydrogen-bond donors (Lipinski definition) is 10. The summed E-state index contributed by atoms with van der Waals surface area (Å²) in [6.07, 6.45) is -15.4. The molecule has 3 rings (SSSR count). The van der Waals surface area contributed by atoms with E-state index >= 15 is 0 Å². The van der Waals surface area contributed by atoms with Crippen molar-refractivity contribution in [3.63, 3.8) is 0 Å². The Bertz CT molecular complexity index is 1710. The van der Waals surface area contributed by atoms with Gasteiger partial charge in [-0.15, -0.1) is 0 Å². The Morgan fingerprint density at radius 3 is 1.78 bits per heavy atom. The van der Waals surface area contributed by atoms with Crippen molar-refractivity contribution in [3.05, 3.63) is 11.8 Å². The fraction of sp³-hybridized carbons (Fsp3) is 0.841. The van der Waals surface area contributed by atoms with Crippen molar-refractivity contribution in [3.8, 4) is 0 Å². The van der Waals surface area contributed by atoms with E-state index in [2.05, 4.69) is 26.6 Å². The van der Waals surface area contributed by atoms with E-state index in [4.69, 9.17) is 37.9 Å². The molecule has 1 aliphatic carbocycles. The van der Waals surface area contributed by atoms with E-state index in [0.29, 0.717) is 5.76 Å². The average Bonchev–Trinajstić information content (AvgIpc) is 3.16. The molecule has 0 unspecified atom stereocenters. The maximum atomic E-state index is 13.7. The molecule has 10 N–H and O–H groups in total. The van der Waals surface area contributed by atoms with Crippen molar-refractivity contribution in [2.24, 2.45) is 0 Å². The molecule has 68 heavy (non-hydrogen) atoms. The van der Waals surface area contributed by atoms with E-state index in [1.54, 1.807) is 89.2 Å². The smallest absolute Gasteiger partial charge is 0.410 e. The van der Waals surface area contributed by atoms with Crippen LogP contribution in [-0.2, 0) is 42.7 Å². The molecule has 392 valence electrons. The molecule has 0 aromatic heterocycles. The topological polar surface area (TPSA) is 324 Å². The highest BCUT2D eigenvalue weighted by molar-refractivity contribution is 5.81. The lowest BCUT2D eigenvalue weighted by Gasteiger charge is -2.49. The summed E-state index contributed by atoms with van der Waals surface area (Å²) in [5.41, 5.74) is -3.63. The second-order valence-electron chi connectivity index (χ2n) is 20.9. The average molecular weight is 979 g/mol. The van der Waals surface area contributed by atoms with Gasteiger partial charge in [0.05, 0.1) is 43.9 Å². The molecule has 3 aliphatic rings. The standard InChI is InChI=1S/C44H78N6O18/c1-41(2,3)65-37(57)46-17-16-27(52)34(56)47-25-20-26(49-39(59)67-43(7,8)9)33(63-35-24(48-38(58)66-42(4,5)6)15-14-23(62-35)21-45-18-19-51)31(55)32(25)64-36-30(54)29(28(53)22-61-36)50(13)40(60)68-44(10,11)12/h14,24-33,35-36,45,51-55H,15-22H2,1-13H3,(H,46,57)(H,47,56)(H,48,58)(H,49,59)/t24-,25-,26+,27+,28+,29+,30-,31-,32+,33-,35-,36-/m1/s1. The molecule has 0 spiro atoms. The number of hydrogen-bond acceptors (Lipinski definition) is 19. The predicted octanol–water partition coefficient (Wildman–Crippen LogP) is 0.594. The van der Waals surface area contributed by atoms with E-state index in [0.717, 1.165) is 4.90 Å². The van der Waals surface area contributed by atoms with Crippen molar-refractivity contribution < 1.29 is 87.4 Å². The molecule has 2 aliphatic heterocycles. The zero-order valence-electron chi connectivity index (χ0n) is 41.7. The van der Waals surface area contributed by atoms with Gasteiger partial charge >= 0.3 is 24.4 Å². The Morgan fingerprint density at radius 2 is 1.24 bits per heavy atom. The van der Waals surface area contributed by atoms with Crippen LogP contribution in [0.2, 0.25) is 0 Å². The molecular weight excluding hydrogens is 901 g/mol. The number of carbonyl (C=O) groups excluding carboxylic acids is 5. The summed E-state index contributed by atoms with van der Waals surface area (Å²) >= 11 is 0. The van der Waals surface area contributed by atoms with Gasteiger partial charge in [-0.3, -0.25) is 4.79 Å². The molecule has 1 saturated heterocycles. The molecule has 12 atom stereocenters. The van der Waals surface area contributed by atoms with Crippen molar-refractivity contribution in [2.45, 2.75) is 198 Å². The zero-order chi connectivity index (χ0) is 51.5. The summed E-state index contributed by atoms with van der Waals surface area (Å²) in [7, 11) is 1.30. The molecule has 24 heteroatoms. The fourth-order valence-corrected chi connectivity index (χ4v) is 7.25. The molecule has 5 amide bonds. The Hall–Kier alpha value is -4.27. The highest BCUT2D eigenvalue weighted by Crippen LogP contribution is 2.33.